The van der Waals surface area contributed by atoms with Gasteiger partial charge in [-0.1, -0.05) is 12.1 Å². The summed E-state index contributed by atoms with van der Waals surface area (Å²) in [5.74, 6) is 1.13. The van der Waals surface area contributed by atoms with E-state index in [-0.39, 0.29) is 25.0 Å². The average Bonchev–Trinajstić information content (AvgIpc) is 3.20. The summed E-state index contributed by atoms with van der Waals surface area (Å²) in [7, 11) is 1.54. The van der Waals surface area contributed by atoms with Crippen LogP contribution >= 0.6 is 11.3 Å². The summed E-state index contributed by atoms with van der Waals surface area (Å²) in [6.45, 7) is -0.159. The molecule has 8 nitrogen and oxygen atoms in total. The second kappa shape index (κ2) is 8.19. The van der Waals surface area contributed by atoms with Gasteiger partial charge in [0.1, 0.15) is 5.75 Å². The first-order valence-electron chi connectivity index (χ1n) is 8.70. The van der Waals surface area contributed by atoms with Crippen molar-refractivity contribution in [3.8, 4) is 28.5 Å². The lowest BCUT2D eigenvalue weighted by atomic mass is 10.1. The monoisotopic (exact) mass is 411 g/mol. The van der Waals surface area contributed by atoms with Crippen LogP contribution in [0.2, 0.25) is 0 Å². The molecule has 4 rings (SSSR count). The maximum Gasteiger partial charge on any atom is 0.264 e. The van der Waals surface area contributed by atoms with Gasteiger partial charge in [0, 0.05) is 10.9 Å². The van der Waals surface area contributed by atoms with Gasteiger partial charge in [-0.25, -0.2) is 4.98 Å². The van der Waals surface area contributed by atoms with Crippen LogP contribution in [0.5, 0.6) is 17.2 Å². The Morgan fingerprint density at radius 3 is 2.93 bits per heavy atom. The van der Waals surface area contributed by atoms with Crippen LogP contribution in [0, 0.1) is 0 Å². The maximum atomic E-state index is 12.2. The quantitative estimate of drug-likeness (QED) is 0.647. The standard InChI is InChI=1S/C20H17N3O5S/c1-26-16-4-2-3-5-17(16)28-10-19(25)23-20-22-14(11-29-20)12-6-7-15-13(8-12)21-18(24)9-27-15/h2-8,11H,9-10H2,1H3,(H,21,24)(H,22,23,25). The van der Waals surface area contributed by atoms with Gasteiger partial charge in [-0.05, 0) is 30.3 Å². The van der Waals surface area contributed by atoms with Gasteiger partial charge in [-0.15, -0.1) is 11.3 Å². The van der Waals surface area contributed by atoms with Crippen molar-refractivity contribution in [2.45, 2.75) is 0 Å². The molecule has 0 spiro atoms. The molecule has 0 saturated carbocycles. The molecule has 2 amide bonds. The van der Waals surface area contributed by atoms with Crippen molar-refractivity contribution in [1.82, 2.24) is 4.98 Å². The van der Waals surface area contributed by atoms with Crippen molar-refractivity contribution >= 4 is 34.0 Å². The molecule has 0 atom stereocenters. The number of thiazole rings is 1. The second-order valence-electron chi connectivity index (χ2n) is 6.07. The van der Waals surface area contributed by atoms with E-state index in [0.29, 0.717) is 33.8 Å². The number of hydrogen-bond donors (Lipinski definition) is 2. The number of aromatic nitrogens is 1. The predicted octanol–water partition coefficient (Wildman–Crippen LogP) is 3.17. The summed E-state index contributed by atoms with van der Waals surface area (Å²) < 4.78 is 16.1. The Balaban J connectivity index is 1.40. The van der Waals surface area contributed by atoms with E-state index in [2.05, 4.69) is 15.6 Å². The molecule has 29 heavy (non-hydrogen) atoms. The third kappa shape index (κ3) is 4.30. The van der Waals surface area contributed by atoms with Crippen LogP contribution in [-0.4, -0.2) is 37.1 Å². The minimum atomic E-state index is -0.331. The number of benzene rings is 2. The molecule has 3 aromatic rings. The summed E-state index contributed by atoms with van der Waals surface area (Å²) in [6, 6.07) is 12.5. The Morgan fingerprint density at radius 1 is 1.28 bits per heavy atom. The molecule has 2 aromatic carbocycles. The molecular weight excluding hydrogens is 394 g/mol. The summed E-state index contributed by atoms with van der Waals surface area (Å²) in [4.78, 5) is 28.1. The number of ether oxygens (including phenoxy) is 3. The lowest BCUT2D eigenvalue weighted by molar-refractivity contribution is -0.119. The number of nitrogens with zero attached hydrogens (tertiary/aromatic N) is 1. The van der Waals surface area contributed by atoms with Gasteiger partial charge < -0.3 is 19.5 Å². The molecule has 2 heterocycles. The molecule has 0 aliphatic carbocycles. The molecule has 0 unspecified atom stereocenters. The van der Waals surface area contributed by atoms with Crippen molar-refractivity contribution < 1.29 is 23.8 Å². The number of nitrogens with one attached hydrogen (secondary N) is 2. The highest BCUT2D eigenvalue weighted by atomic mass is 32.1. The zero-order valence-corrected chi connectivity index (χ0v) is 16.2. The van der Waals surface area contributed by atoms with E-state index < -0.39 is 0 Å². The fourth-order valence-electron chi connectivity index (χ4n) is 2.74. The minimum Gasteiger partial charge on any atom is -0.493 e. The van der Waals surface area contributed by atoms with Crippen LogP contribution in [0.25, 0.3) is 11.3 Å². The SMILES string of the molecule is COc1ccccc1OCC(=O)Nc1nc(-c2ccc3c(c2)NC(=O)CO3)cs1. The lowest BCUT2D eigenvalue weighted by Gasteiger charge is -2.18. The van der Waals surface area contributed by atoms with Gasteiger partial charge in [0.25, 0.3) is 11.8 Å². The Labute approximate surface area is 170 Å². The van der Waals surface area contributed by atoms with E-state index in [1.807, 2.05) is 17.5 Å². The minimum absolute atomic E-state index is 0.0101. The maximum absolute atomic E-state index is 12.2. The highest BCUT2D eigenvalue weighted by Crippen LogP contribution is 2.33. The molecule has 0 bridgehead atoms. The molecule has 148 valence electrons. The van der Waals surface area contributed by atoms with Crippen molar-refractivity contribution in [2.75, 3.05) is 31.0 Å². The number of para-hydroxylation sites is 2. The van der Waals surface area contributed by atoms with Crippen molar-refractivity contribution in [1.29, 1.82) is 0 Å². The van der Waals surface area contributed by atoms with Crippen LogP contribution in [-0.2, 0) is 9.59 Å². The number of carbonyl (C=O) groups excluding carboxylic acids is 2. The number of anilines is 2. The molecule has 9 heteroatoms. The van der Waals surface area contributed by atoms with Crippen molar-refractivity contribution in [3.63, 3.8) is 0 Å². The fraction of sp³-hybridized carbons (Fsp3) is 0.150. The summed E-state index contributed by atoms with van der Waals surface area (Å²) in [6.07, 6.45) is 0. The summed E-state index contributed by atoms with van der Waals surface area (Å²) in [5, 5.41) is 7.76. The molecule has 0 saturated heterocycles. The topological polar surface area (TPSA) is 98.8 Å². The molecule has 1 aliphatic rings. The van der Waals surface area contributed by atoms with Gasteiger partial charge in [0.2, 0.25) is 0 Å². The average molecular weight is 411 g/mol. The molecule has 2 N–H and O–H groups in total. The Hall–Kier alpha value is -3.59. The predicted molar refractivity (Wildman–Crippen MR) is 109 cm³/mol. The first-order valence-corrected chi connectivity index (χ1v) is 9.58. The molecule has 1 aromatic heterocycles. The molecule has 0 fully saturated rings. The number of hydrogen-bond acceptors (Lipinski definition) is 7. The second-order valence-corrected chi connectivity index (χ2v) is 6.93. The first kappa shape index (κ1) is 18.8. The van der Waals surface area contributed by atoms with Crippen molar-refractivity contribution in [2.24, 2.45) is 0 Å². The smallest absolute Gasteiger partial charge is 0.264 e. The number of methoxy groups -OCH3 is 1. The van der Waals surface area contributed by atoms with Crippen molar-refractivity contribution in [3.05, 3.63) is 47.8 Å². The number of carbonyl (C=O) groups is 2. The number of fused-ring (bicyclic) bond motifs is 1. The van der Waals surface area contributed by atoms with Crippen LogP contribution in [0.1, 0.15) is 0 Å². The zero-order chi connectivity index (χ0) is 20.2. The summed E-state index contributed by atoms with van der Waals surface area (Å²) >= 11 is 1.30. The lowest BCUT2D eigenvalue weighted by Crippen LogP contribution is -2.25. The Kier molecular flexibility index (Phi) is 5.30. The third-order valence-corrected chi connectivity index (χ3v) is 4.84. The van der Waals surface area contributed by atoms with Crippen LogP contribution in [0.15, 0.2) is 47.8 Å². The van der Waals surface area contributed by atoms with Gasteiger partial charge in [0.15, 0.2) is 29.8 Å². The van der Waals surface area contributed by atoms with E-state index in [1.165, 1.54) is 18.4 Å². The van der Waals surface area contributed by atoms with E-state index in [4.69, 9.17) is 14.2 Å². The Bertz CT molecular complexity index is 1070. The molecular formula is C20H17N3O5S. The highest BCUT2D eigenvalue weighted by molar-refractivity contribution is 7.14. The number of amides is 2. The van der Waals surface area contributed by atoms with E-state index >= 15 is 0 Å². The normalized spacial score (nSPS) is 12.4. The van der Waals surface area contributed by atoms with Gasteiger partial charge in [-0.2, -0.15) is 0 Å². The largest absolute Gasteiger partial charge is 0.493 e. The fourth-order valence-corrected chi connectivity index (χ4v) is 3.48. The zero-order valence-electron chi connectivity index (χ0n) is 15.4. The van der Waals surface area contributed by atoms with Crippen LogP contribution < -0.4 is 24.8 Å². The van der Waals surface area contributed by atoms with E-state index in [1.54, 1.807) is 30.3 Å². The van der Waals surface area contributed by atoms with Gasteiger partial charge >= 0.3 is 0 Å². The molecule has 0 radical (unpaired) electrons. The van der Waals surface area contributed by atoms with E-state index in [0.717, 1.165) is 5.56 Å². The Morgan fingerprint density at radius 2 is 2.10 bits per heavy atom. The first-order chi connectivity index (χ1) is 14.1. The van der Waals surface area contributed by atoms with Crippen LogP contribution in [0.4, 0.5) is 10.8 Å². The van der Waals surface area contributed by atoms with E-state index in [9.17, 15) is 9.59 Å². The summed E-state index contributed by atoms with van der Waals surface area (Å²) in [5.41, 5.74) is 2.08. The third-order valence-electron chi connectivity index (χ3n) is 4.09. The number of rotatable bonds is 6. The molecule has 1 aliphatic heterocycles. The van der Waals surface area contributed by atoms with Gasteiger partial charge in [0.05, 0.1) is 18.5 Å². The van der Waals surface area contributed by atoms with Crippen LogP contribution in [0.3, 0.4) is 0 Å². The van der Waals surface area contributed by atoms with Gasteiger partial charge in [-0.3, -0.25) is 14.9 Å². The highest BCUT2D eigenvalue weighted by Gasteiger charge is 2.17.